The van der Waals surface area contributed by atoms with Gasteiger partial charge in [-0.1, -0.05) is 79.3 Å². The maximum atomic E-state index is 9.41. The Hall–Kier alpha value is -3.23. The molecular formula is C34H56N10O5Si3. The molecule has 1 aliphatic rings. The van der Waals surface area contributed by atoms with E-state index in [0.717, 1.165) is 0 Å². The van der Waals surface area contributed by atoms with Gasteiger partial charge in [0.05, 0.1) is 12.9 Å². The summed E-state index contributed by atoms with van der Waals surface area (Å²) in [5, 5.41) is 11.9. The summed E-state index contributed by atoms with van der Waals surface area (Å²) < 4.78 is 30.3. The van der Waals surface area contributed by atoms with Crippen LogP contribution >= 0.6 is 0 Å². The molecule has 4 aromatic rings. The van der Waals surface area contributed by atoms with Gasteiger partial charge in [-0.3, -0.25) is 4.57 Å². The topological polar surface area (TPSA) is 169 Å². The Kier molecular flexibility index (Phi) is 10.7. The van der Waals surface area contributed by atoms with Gasteiger partial charge in [0.1, 0.15) is 29.3 Å². The minimum atomic E-state index is -2.43. The number of hydrogen-bond acceptors (Lipinski definition) is 11. The maximum absolute atomic E-state index is 9.41. The molecule has 0 amide bonds. The van der Waals surface area contributed by atoms with Crippen molar-refractivity contribution >= 4 is 53.1 Å². The van der Waals surface area contributed by atoms with E-state index in [1.165, 1.54) is 4.85 Å². The van der Waals surface area contributed by atoms with Crippen LogP contribution in [0.25, 0.3) is 32.6 Å². The number of azide groups is 1. The van der Waals surface area contributed by atoms with Crippen molar-refractivity contribution in [3.05, 3.63) is 41.0 Å². The summed E-state index contributed by atoms with van der Waals surface area (Å²) in [6, 6.07) is 7.37. The molecule has 0 N–H and O–H groups in total. The van der Waals surface area contributed by atoms with Crippen molar-refractivity contribution in [3.63, 3.8) is 0 Å². The molecule has 0 saturated carbocycles. The molecule has 18 heteroatoms. The molecule has 4 heterocycles. The largest absolute Gasteiger partial charge is 0.414 e. The summed E-state index contributed by atoms with van der Waals surface area (Å²) in [6.45, 7) is 33.8. The zero-order valence-corrected chi connectivity index (χ0v) is 36.4. The average Bonchev–Trinajstić information content (AvgIpc) is 3.70. The van der Waals surface area contributed by atoms with E-state index in [1.807, 2.05) is 28.8 Å². The van der Waals surface area contributed by atoms with E-state index in [9.17, 15) is 5.53 Å². The van der Waals surface area contributed by atoms with Gasteiger partial charge in [-0.15, -0.1) is 5.10 Å². The van der Waals surface area contributed by atoms with Crippen molar-refractivity contribution in [3.8, 4) is 5.88 Å². The number of para-hydroxylation sites is 1. The number of fused-ring (bicyclic) bond motifs is 2. The number of benzene rings is 1. The third-order valence-corrected chi connectivity index (χ3v) is 24.9. The van der Waals surface area contributed by atoms with Crippen molar-refractivity contribution in [1.29, 1.82) is 0 Å². The van der Waals surface area contributed by atoms with Crippen molar-refractivity contribution in [2.24, 2.45) is 5.11 Å². The summed E-state index contributed by atoms with van der Waals surface area (Å²) in [7, 11) is -6.98. The fourth-order valence-corrected chi connectivity index (χ4v) is 8.70. The Balaban J connectivity index is 1.67. The van der Waals surface area contributed by atoms with Crippen LogP contribution in [-0.2, 0) is 18.0 Å². The predicted molar refractivity (Wildman–Crippen MR) is 209 cm³/mol. The Bertz CT molecular complexity index is 1950. The molecule has 5 rings (SSSR count). The van der Waals surface area contributed by atoms with Crippen LogP contribution < -0.4 is 4.84 Å². The van der Waals surface area contributed by atoms with Crippen molar-refractivity contribution in [1.82, 2.24) is 34.7 Å². The van der Waals surface area contributed by atoms with Crippen LogP contribution in [0.4, 0.5) is 5.95 Å². The van der Waals surface area contributed by atoms with E-state index in [2.05, 4.69) is 132 Å². The lowest BCUT2D eigenvalue weighted by Gasteiger charge is -2.44. The second-order valence-electron chi connectivity index (χ2n) is 18.2. The van der Waals surface area contributed by atoms with E-state index in [4.69, 9.17) is 27.8 Å². The third-order valence-electron chi connectivity index (χ3n) is 11.5. The molecule has 284 valence electrons. The van der Waals surface area contributed by atoms with E-state index >= 15 is 0 Å². The zero-order valence-electron chi connectivity index (χ0n) is 33.4. The van der Waals surface area contributed by atoms with Gasteiger partial charge < -0.3 is 22.9 Å². The van der Waals surface area contributed by atoms with Gasteiger partial charge in [-0.05, 0) is 82.4 Å². The first-order chi connectivity index (χ1) is 23.9. The number of aromatic nitrogens is 7. The molecule has 1 fully saturated rings. The first-order valence-electron chi connectivity index (χ1n) is 17.8. The van der Waals surface area contributed by atoms with Gasteiger partial charge in [-0.2, -0.15) is 4.98 Å². The molecule has 4 atom stereocenters. The normalized spacial score (nSPS) is 20.8. The monoisotopic (exact) mass is 768 g/mol. The summed E-state index contributed by atoms with van der Waals surface area (Å²) in [4.78, 5) is 24.1. The average molecular weight is 769 g/mol. The Morgan fingerprint density at radius 2 is 1.44 bits per heavy atom. The van der Waals surface area contributed by atoms with Crippen LogP contribution in [0.1, 0.15) is 68.5 Å². The van der Waals surface area contributed by atoms with Gasteiger partial charge in [0.2, 0.25) is 5.95 Å². The van der Waals surface area contributed by atoms with Crippen LogP contribution in [0, 0.1) is 0 Å². The van der Waals surface area contributed by atoms with Crippen LogP contribution in [0.2, 0.25) is 54.4 Å². The van der Waals surface area contributed by atoms with Crippen molar-refractivity contribution in [2.45, 2.75) is 141 Å². The molecule has 1 aliphatic heterocycles. The summed E-state index contributed by atoms with van der Waals surface area (Å²) >= 11 is 0. The summed E-state index contributed by atoms with van der Waals surface area (Å²) in [6.07, 6.45) is -0.565. The molecule has 3 aromatic heterocycles. The molecule has 52 heavy (non-hydrogen) atoms. The minimum absolute atomic E-state index is 0.00121. The molecule has 15 nitrogen and oxygen atoms in total. The van der Waals surface area contributed by atoms with Gasteiger partial charge in [0, 0.05) is 4.91 Å². The van der Waals surface area contributed by atoms with E-state index in [1.54, 1.807) is 6.33 Å². The summed E-state index contributed by atoms with van der Waals surface area (Å²) in [5.74, 6) is -0.114. The lowest BCUT2D eigenvalue weighted by atomic mass is 10.1. The second-order valence-corrected chi connectivity index (χ2v) is 32.5. The Morgan fingerprint density at radius 1 is 0.846 bits per heavy atom. The third kappa shape index (κ3) is 7.84. The standard InChI is InChI=1S/C34H56N10O5Si3/c1-32(2,3)50(10,11)45-20-24-26(48-51(12,13)33(4,5)6)27(49-52(14,15)34(7,8)9)30(46-24)43-21-36-25-28(43)37-31(40-41-35)38-29(25)47-44-23-19-17-16-18-22(23)39-42-44/h16-19,21,24,26-27,30H,20H2,1-15H3/t24-,26-,27-,30-/m1/s1. The first-order valence-corrected chi connectivity index (χ1v) is 26.5. The highest BCUT2D eigenvalue weighted by molar-refractivity contribution is 6.75. The lowest BCUT2D eigenvalue weighted by Crippen LogP contribution is -2.54. The number of nitrogens with zero attached hydrogens (tertiary/aromatic N) is 10. The Morgan fingerprint density at radius 3 is 2.04 bits per heavy atom. The molecule has 0 unspecified atom stereocenters. The molecule has 0 bridgehead atoms. The molecule has 0 aliphatic carbocycles. The zero-order chi connectivity index (χ0) is 38.7. The van der Waals surface area contributed by atoms with E-state index < -0.39 is 49.5 Å². The molecule has 1 saturated heterocycles. The highest BCUT2D eigenvalue weighted by Gasteiger charge is 2.55. The predicted octanol–water partition coefficient (Wildman–Crippen LogP) is 9.05. The molecule has 0 radical (unpaired) electrons. The van der Waals surface area contributed by atoms with Crippen LogP contribution in [-0.4, -0.2) is 84.5 Å². The first kappa shape index (κ1) is 40.0. The molecular weight excluding hydrogens is 713 g/mol. The van der Waals surface area contributed by atoms with Crippen LogP contribution in [0.3, 0.4) is 0 Å². The smallest absolute Gasteiger partial charge is 0.280 e. The van der Waals surface area contributed by atoms with Crippen molar-refractivity contribution < 1.29 is 22.9 Å². The quantitative estimate of drug-likeness (QED) is 0.0621. The maximum Gasteiger partial charge on any atom is 0.280 e. The van der Waals surface area contributed by atoms with Gasteiger partial charge in [-0.25, -0.2) is 9.97 Å². The number of ether oxygens (including phenoxy) is 1. The van der Waals surface area contributed by atoms with Gasteiger partial charge >= 0.3 is 0 Å². The lowest BCUT2D eigenvalue weighted by molar-refractivity contribution is -0.0470. The highest BCUT2D eigenvalue weighted by Crippen LogP contribution is 2.47. The van der Waals surface area contributed by atoms with Crippen molar-refractivity contribution in [2.75, 3.05) is 6.61 Å². The fraction of sp³-hybridized carbons (Fsp3) is 0.676. The van der Waals surface area contributed by atoms with E-state index in [-0.39, 0.29) is 26.9 Å². The highest BCUT2D eigenvalue weighted by atomic mass is 28.4. The number of hydrogen-bond donors (Lipinski definition) is 0. The number of imidazole rings is 1. The molecule has 0 spiro atoms. The minimum Gasteiger partial charge on any atom is -0.414 e. The van der Waals surface area contributed by atoms with Crippen LogP contribution in [0.5, 0.6) is 5.88 Å². The van der Waals surface area contributed by atoms with E-state index in [0.29, 0.717) is 28.8 Å². The van der Waals surface area contributed by atoms with Gasteiger partial charge in [0.15, 0.2) is 42.3 Å². The van der Waals surface area contributed by atoms with Gasteiger partial charge in [0.25, 0.3) is 5.88 Å². The molecule has 1 aromatic carbocycles. The fourth-order valence-electron chi connectivity index (χ4n) is 5.09. The SMILES string of the molecule is CC(C)(C)[Si](C)(C)OC[C@H]1O[C@@H](n2cnc3c(On4nnc5ccccc54)nc(N=[N+]=[N-])nc32)[C@H](O[Si](C)(C)C(C)(C)C)[C@@H]1O[Si](C)(C)C(C)(C)C. The Labute approximate surface area is 309 Å². The second kappa shape index (κ2) is 13.9. The number of rotatable bonds is 11. The van der Waals surface area contributed by atoms with Crippen LogP contribution in [0.15, 0.2) is 35.7 Å². The summed E-state index contributed by atoms with van der Waals surface area (Å²) in [5.41, 5.74) is 11.3.